The Hall–Kier alpha value is -2.36. The Morgan fingerprint density at radius 1 is 1.10 bits per heavy atom. The minimum absolute atomic E-state index is 0.0535. The Morgan fingerprint density at radius 2 is 1.81 bits per heavy atom. The standard InChI is InChI=1S/C21H20ClF3N2O3S/c1-2-3-10-30-19-12-20(21(23,24)25)27-18-9-4-14(11-17(18)19)13-26-31(28,29)16-7-5-15(22)6-8-16/h4-9,11-12,26H,2-3,10,13H2,1H3. The van der Waals surface area contributed by atoms with Crippen LogP contribution in [0.15, 0.2) is 53.4 Å². The molecule has 0 saturated carbocycles. The van der Waals surface area contributed by atoms with E-state index in [0.717, 1.165) is 12.5 Å². The molecular formula is C21H20ClF3N2O3S. The van der Waals surface area contributed by atoms with Gasteiger partial charge in [0.15, 0.2) is 0 Å². The van der Waals surface area contributed by atoms with Crippen molar-refractivity contribution in [3.63, 3.8) is 0 Å². The fraction of sp³-hybridized carbons (Fsp3) is 0.286. The van der Waals surface area contributed by atoms with E-state index in [0.29, 0.717) is 22.4 Å². The van der Waals surface area contributed by atoms with Crippen LogP contribution in [0.5, 0.6) is 5.75 Å². The molecule has 0 fully saturated rings. The van der Waals surface area contributed by atoms with Crippen LogP contribution in [0.2, 0.25) is 5.02 Å². The van der Waals surface area contributed by atoms with Crippen LogP contribution in [0, 0.1) is 0 Å². The molecule has 0 spiro atoms. The number of aromatic nitrogens is 1. The third-order valence-electron chi connectivity index (χ3n) is 4.47. The van der Waals surface area contributed by atoms with Gasteiger partial charge in [-0.25, -0.2) is 18.1 Å². The van der Waals surface area contributed by atoms with Gasteiger partial charge in [0.2, 0.25) is 10.0 Å². The highest BCUT2D eigenvalue weighted by Crippen LogP contribution is 2.34. The number of pyridine rings is 1. The smallest absolute Gasteiger partial charge is 0.433 e. The van der Waals surface area contributed by atoms with Crippen molar-refractivity contribution in [2.75, 3.05) is 6.61 Å². The Labute approximate surface area is 183 Å². The summed E-state index contributed by atoms with van der Waals surface area (Å²) in [5, 5.41) is 0.794. The zero-order chi connectivity index (χ0) is 22.6. The van der Waals surface area contributed by atoms with Crippen molar-refractivity contribution in [1.29, 1.82) is 0 Å². The minimum Gasteiger partial charge on any atom is -0.493 e. The predicted molar refractivity (Wildman–Crippen MR) is 113 cm³/mol. The van der Waals surface area contributed by atoms with Crippen molar-refractivity contribution in [1.82, 2.24) is 9.71 Å². The molecule has 0 saturated heterocycles. The number of nitrogens with zero attached hydrogens (tertiary/aromatic N) is 1. The number of sulfonamides is 1. The number of hydrogen-bond acceptors (Lipinski definition) is 4. The fourth-order valence-electron chi connectivity index (χ4n) is 2.82. The maximum Gasteiger partial charge on any atom is 0.433 e. The van der Waals surface area contributed by atoms with Gasteiger partial charge in [-0.2, -0.15) is 13.2 Å². The fourth-order valence-corrected chi connectivity index (χ4v) is 3.96. The summed E-state index contributed by atoms with van der Waals surface area (Å²) < 4.78 is 72.6. The number of benzene rings is 2. The Bertz CT molecular complexity index is 1170. The molecule has 10 heteroatoms. The van der Waals surface area contributed by atoms with Crippen LogP contribution in [0.1, 0.15) is 31.0 Å². The number of alkyl halides is 3. The highest BCUT2D eigenvalue weighted by Gasteiger charge is 2.33. The summed E-state index contributed by atoms with van der Waals surface area (Å²) >= 11 is 5.79. The largest absolute Gasteiger partial charge is 0.493 e. The Kier molecular flexibility index (Phi) is 7.08. The highest BCUT2D eigenvalue weighted by atomic mass is 35.5. The lowest BCUT2D eigenvalue weighted by atomic mass is 10.1. The van der Waals surface area contributed by atoms with Gasteiger partial charge < -0.3 is 4.74 Å². The van der Waals surface area contributed by atoms with Crippen molar-refractivity contribution in [3.05, 3.63) is 64.8 Å². The van der Waals surface area contributed by atoms with Crippen LogP contribution < -0.4 is 9.46 Å². The first-order valence-electron chi connectivity index (χ1n) is 9.49. The first-order chi connectivity index (χ1) is 14.6. The molecule has 166 valence electrons. The molecule has 0 bridgehead atoms. The van der Waals surface area contributed by atoms with Crippen LogP contribution in [0.4, 0.5) is 13.2 Å². The molecule has 0 unspecified atom stereocenters. The molecule has 0 amide bonds. The van der Waals surface area contributed by atoms with Crippen LogP contribution in [-0.4, -0.2) is 20.0 Å². The lowest BCUT2D eigenvalue weighted by molar-refractivity contribution is -0.141. The number of halogens is 4. The minimum atomic E-state index is -4.61. The number of rotatable bonds is 8. The number of fused-ring (bicyclic) bond motifs is 1. The summed E-state index contributed by atoms with van der Waals surface area (Å²) in [7, 11) is -3.79. The highest BCUT2D eigenvalue weighted by molar-refractivity contribution is 7.89. The van der Waals surface area contributed by atoms with Gasteiger partial charge in [0.05, 0.1) is 17.0 Å². The van der Waals surface area contributed by atoms with E-state index in [-0.39, 0.29) is 29.3 Å². The van der Waals surface area contributed by atoms with Crippen LogP contribution >= 0.6 is 11.6 Å². The summed E-state index contributed by atoms with van der Waals surface area (Å²) in [4.78, 5) is 3.74. The SMILES string of the molecule is CCCCOc1cc(C(F)(F)F)nc2ccc(CNS(=O)(=O)c3ccc(Cl)cc3)cc12. The first-order valence-corrected chi connectivity index (χ1v) is 11.3. The molecule has 0 radical (unpaired) electrons. The molecule has 0 atom stereocenters. The Morgan fingerprint density at radius 3 is 2.45 bits per heavy atom. The molecule has 1 N–H and O–H groups in total. The van der Waals surface area contributed by atoms with E-state index in [1.54, 1.807) is 6.07 Å². The second-order valence-electron chi connectivity index (χ2n) is 6.84. The van der Waals surface area contributed by atoms with Gasteiger partial charge >= 0.3 is 6.18 Å². The molecule has 0 aliphatic carbocycles. The van der Waals surface area contributed by atoms with Gasteiger partial charge in [0.1, 0.15) is 11.4 Å². The van der Waals surface area contributed by atoms with E-state index < -0.39 is 21.9 Å². The molecular weight excluding hydrogens is 453 g/mol. The zero-order valence-electron chi connectivity index (χ0n) is 16.5. The average molecular weight is 473 g/mol. The van der Waals surface area contributed by atoms with E-state index in [2.05, 4.69) is 9.71 Å². The van der Waals surface area contributed by atoms with Gasteiger partial charge in [-0.15, -0.1) is 0 Å². The third-order valence-corrected chi connectivity index (χ3v) is 6.14. The average Bonchev–Trinajstić information content (AvgIpc) is 2.72. The first kappa shape index (κ1) is 23.3. The van der Waals surface area contributed by atoms with Crippen molar-refractivity contribution < 1.29 is 26.3 Å². The monoisotopic (exact) mass is 472 g/mol. The van der Waals surface area contributed by atoms with Gasteiger partial charge in [0.25, 0.3) is 0 Å². The van der Waals surface area contributed by atoms with Gasteiger partial charge in [0, 0.05) is 23.0 Å². The molecule has 1 aromatic heterocycles. The lowest BCUT2D eigenvalue weighted by Gasteiger charge is -2.14. The number of nitrogens with one attached hydrogen (secondary N) is 1. The molecule has 5 nitrogen and oxygen atoms in total. The normalized spacial score (nSPS) is 12.3. The topological polar surface area (TPSA) is 68.3 Å². The van der Waals surface area contributed by atoms with Crippen molar-refractivity contribution in [2.45, 2.75) is 37.4 Å². The second kappa shape index (κ2) is 9.42. The maximum atomic E-state index is 13.2. The summed E-state index contributed by atoms with van der Waals surface area (Å²) in [6, 6.07) is 11.1. The molecule has 1 heterocycles. The van der Waals surface area contributed by atoms with Crippen molar-refractivity contribution in [3.8, 4) is 5.75 Å². The third kappa shape index (κ3) is 5.87. The summed E-state index contributed by atoms with van der Waals surface area (Å²) in [6.45, 7) is 2.15. The van der Waals surface area contributed by atoms with Gasteiger partial charge in [-0.3, -0.25) is 0 Å². The van der Waals surface area contributed by atoms with Gasteiger partial charge in [-0.05, 0) is 48.4 Å². The predicted octanol–water partition coefficient (Wildman–Crippen LogP) is 5.56. The van der Waals surface area contributed by atoms with E-state index in [1.165, 1.54) is 36.4 Å². The molecule has 3 aromatic rings. The number of ether oxygens (including phenoxy) is 1. The number of unbranched alkanes of at least 4 members (excludes halogenated alkanes) is 1. The van der Waals surface area contributed by atoms with E-state index in [4.69, 9.17) is 16.3 Å². The second-order valence-corrected chi connectivity index (χ2v) is 9.04. The zero-order valence-corrected chi connectivity index (χ0v) is 18.1. The van der Waals surface area contributed by atoms with Gasteiger partial charge in [-0.1, -0.05) is 31.0 Å². The number of hydrogen-bond donors (Lipinski definition) is 1. The van der Waals surface area contributed by atoms with Crippen molar-refractivity contribution in [2.24, 2.45) is 0 Å². The molecule has 2 aromatic carbocycles. The maximum absolute atomic E-state index is 13.2. The quantitative estimate of drug-likeness (QED) is 0.435. The van der Waals surface area contributed by atoms with E-state index >= 15 is 0 Å². The molecule has 0 aliphatic rings. The van der Waals surface area contributed by atoms with Crippen LogP contribution in [0.3, 0.4) is 0 Å². The Balaban J connectivity index is 1.89. The van der Waals surface area contributed by atoms with Crippen LogP contribution in [0.25, 0.3) is 10.9 Å². The summed E-state index contributed by atoms with van der Waals surface area (Å²) in [5.41, 5.74) is -0.375. The summed E-state index contributed by atoms with van der Waals surface area (Å²) in [6.07, 6.45) is -3.09. The molecule has 3 rings (SSSR count). The van der Waals surface area contributed by atoms with Crippen LogP contribution in [-0.2, 0) is 22.7 Å². The van der Waals surface area contributed by atoms with Crippen molar-refractivity contribution >= 4 is 32.5 Å². The molecule has 0 aliphatic heterocycles. The molecule has 31 heavy (non-hydrogen) atoms. The van der Waals surface area contributed by atoms with E-state index in [9.17, 15) is 21.6 Å². The van der Waals surface area contributed by atoms with E-state index in [1.807, 2.05) is 6.92 Å². The lowest BCUT2D eigenvalue weighted by Crippen LogP contribution is -2.23. The summed E-state index contributed by atoms with van der Waals surface area (Å²) in [5.74, 6) is 0.0631.